The van der Waals surface area contributed by atoms with Crippen LogP contribution in [0.2, 0.25) is 5.02 Å². The third-order valence-electron chi connectivity index (χ3n) is 5.78. The molecule has 130 valence electrons. The Morgan fingerprint density at radius 1 is 1.33 bits per heavy atom. The summed E-state index contributed by atoms with van der Waals surface area (Å²) in [4.78, 5) is 26.5. The van der Waals surface area contributed by atoms with Crippen LogP contribution >= 0.6 is 11.6 Å². The monoisotopic (exact) mass is 349 g/mol. The lowest BCUT2D eigenvalue weighted by atomic mass is 9.78. The zero-order valence-corrected chi connectivity index (χ0v) is 14.8. The summed E-state index contributed by atoms with van der Waals surface area (Å²) in [7, 11) is 0. The minimum Gasteiger partial charge on any atom is -0.481 e. The number of amides is 1. The van der Waals surface area contributed by atoms with Crippen LogP contribution in [0, 0.1) is 11.3 Å². The number of hydrogen-bond acceptors (Lipinski definition) is 2. The van der Waals surface area contributed by atoms with Crippen molar-refractivity contribution >= 4 is 23.5 Å². The Bertz CT molecular complexity index is 639. The Hall–Kier alpha value is -1.55. The highest BCUT2D eigenvalue weighted by molar-refractivity contribution is 6.30. The molecule has 4 nitrogen and oxygen atoms in total. The molecule has 1 saturated carbocycles. The Labute approximate surface area is 147 Å². The largest absolute Gasteiger partial charge is 0.481 e. The van der Waals surface area contributed by atoms with Gasteiger partial charge < -0.3 is 10.0 Å². The Kier molecular flexibility index (Phi) is 4.86. The van der Waals surface area contributed by atoms with Crippen molar-refractivity contribution in [2.24, 2.45) is 11.3 Å². The number of likely N-dealkylation sites (tertiary alicyclic amines) is 1. The zero-order chi connectivity index (χ0) is 17.3. The fourth-order valence-corrected chi connectivity index (χ4v) is 4.63. The van der Waals surface area contributed by atoms with E-state index in [0.717, 1.165) is 31.2 Å². The van der Waals surface area contributed by atoms with Gasteiger partial charge >= 0.3 is 5.97 Å². The molecule has 0 spiro atoms. The molecule has 0 aromatic heterocycles. The van der Waals surface area contributed by atoms with E-state index in [1.54, 1.807) is 0 Å². The summed E-state index contributed by atoms with van der Waals surface area (Å²) >= 11 is 6.10. The van der Waals surface area contributed by atoms with E-state index in [1.807, 2.05) is 36.1 Å². The zero-order valence-electron chi connectivity index (χ0n) is 14.0. The molecule has 2 fully saturated rings. The number of carbonyl (C=O) groups is 2. The Morgan fingerprint density at radius 3 is 2.62 bits per heavy atom. The van der Waals surface area contributed by atoms with Crippen LogP contribution in [0.1, 0.15) is 44.6 Å². The lowest BCUT2D eigenvalue weighted by Gasteiger charge is -2.35. The van der Waals surface area contributed by atoms with E-state index < -0.39 is 17.3 Å². The van der Waals surface area contributed by atoms with Crippen LogP contribution in [0.4, 0.5) is 0 Å². The van der Waals surface area contributed by atoms with Gasteiger partial charge in [0.05, 0.1) is 11.3 Å². The molecule has 1 aromatic rings. The summed E-state index contributed by atoms with van der Waals surface area (Å²) in [5.41, 5.74) is 0.686. The van der Waals surface area contributed by atoms with Gasteiger partial charge in [-0.05, 0) is 50.3 Å². The molecule has 3 rings (SSSR count). The predicted molar refractivity (Wildman–Crippen MR) is 93.0 cm³/mol. The number of hydrogen-bond donors (Lipinski definition) is 1. The maximum absolute atomic E-state index is 13.3. The van der Waals surface area contributed by atoms with Crippen LogP contribution < -0.4 is 0 Å². The highest BCUT2D eigenvalue weighted by atomic mass is 35.5. The van der Waals surface area contributed by atoms with E-state index >= 15 is 0 Å². The SMILES string of the molecule is CC1C(C(=O)O)CCN1C(=O)C1(Cc2cccc(Cl)c2)CCCC1. The molecule has 1 heterocycles. The molecular formula is C19H24ClNO3. The third kappa shape index (κ3) is 3.16. The topological polar surface area (TPSA) is 57.6 Å². The summed E-state index contributed by atoms with van der Waals surface area (Å²) < 4.78 is 0. The average molecular weight is 350 g/mol. The lowest BCUT2D eigenvalue weighted by molar-refractivity contribution is -0.146. The highest BCUT2D eigenvalue weighted by Crippen LogP contribution is 2.44. The fraction of sp³-hybridized carbons (Fsp3) is 0.579. The molecule has 1 amide bonds. The van der Waals surface area contributed by atoms with Crippen LogP contribution in [0.3, 0.4) is 0 Å². The molecule has 2 unspecified atom stereocenters. The quantitative estimate of drug-likeness (QED) is 0.900. The second-order valence-electron chi connectivity index (χ2n) is 7.27. The summed E-state index contributed by atoms with van der Waals surface area (Å²) in [6.45, 7) is 2.42. The van der Waals surface area contributed by atoms with E-state index in [0.29, 0.717) is 24.4 Å². The highest BCUT2D eigenvalue weighted by Gasteiger charge is 2.48. The molecular weight excluding hydrogens is 326 g/mol. The molecule has 1 saturated heterocycles. The Morgan fingerprint density at radius 2 is 2.04 bits per heavy atom. The van der Waals surface area contributed by atoms with E-state index in [4.69, 9.17) is 11.6 Å². The molecule has 1 aliphatic carbocycles. The number of nitrogens with zero attached hydrogens (tertiary/aromatic N) is 1. The average Bonchev–Trinajstić information content (AvgIpc) is 3.14. The molecule has 1 N–H and O–H groups in total. The summed E-state index contributed by atoms with van der Waals surface area (Å²) in [6, 6.07) is 7.49. The fourth-order valence-electron chi connectivity index (χ4n) is 4.42. The molecule has 5 heteroatoms. The van der Waals surface area contributed by atoms with Gasteiger partial charge in [-0.1, -0.05) is 36.6 Å². The van der Waals surface area contributed by atoms with Crippen molar-refractivity contribution in [2.75, 3.05) is 6.54 Å². The van der Waals surface area contributed by atoms with E-state index in [-0.39, 0.29) is 11.9 Å². The first-order valence-corrected chi connectivity index (χ1v) is 9.09. The van der Waals surface area contributed by atoms with Gasteiger partial charge in [0.25, 0.3) is 0 Å². The van der Waals surface area contributed by atoms with E-state index in [1.165, 1.54) is 0 Å². The van der Waals surface area contributed by atoms with Crippen molar-refractivity contribution in [3.05, 3.63) is 34.9 Å². The Balaban J connectivity index is 1.83. The van der Waals surface area contributed by atoms with Crippen LogP contribution in [-0.4, -0.2) is 34.5 Å². The van der Waals surface area contributed by atoms with E-state index in [9.17, 15) is 14.7 Å². The van der Waals surface area contributed by atoms with Crippen LogP contribution in [-0.2, 0) is 16.0 Å². The van der Waals surface area contributed by atoms with Gasteiger partial charge in [-0.2, -0.15) is 0 Å². The third-order valence-corrected chi connectivity index (χ3v) is 6.01. The van der Waals surface area contributed by atoms with Gasteiger partial charge in [-0.15, -0.1) is 0 Å². The van der Waals surface area contributed by atoms with Crippen molar-refractivity contribution in [3.8, 4) is 0 Å². The minimum absolute atomic E-state index is 0.135. The molecule has 24 heavy (non-hydrogen) atoms. The van der Waals surface area contributed by atoms with Gasteiger partial charge in [-0.25, -0.2) is 0 Å². The standard InChI is InChI=1S/C19H24ClNO3/c1-13-16(17(22)23)7-10-21(13)18(24)19(8-2-3-9-19)12-14-5-4-6-15(20)11-14/h4-6,11,13,16H,2-3,7-10,12H2,1H3,(H,22,23). The summed E-state index contributed by atoms with van der Waals surface area (Å²) in [5, 5.41) is 10.0. The molecule has 2 atom stereocenters. The minimum atomic E-state index is -0.798. The first-order chi connectivity index (χ1) is 11.4. The van der Waals surface area contributed by atoms with Crippen molar-refractivity contribution < 1.29 is 14.7 Å². The number of aliphatic carboxylic acids is 1. The molecule has 1 aliphatic heterocycles. The number of carbonyl (C=O) groups excluding carboxylic acids is 1. The number of carboxylic acid groups (broad SMARTS) is 1. The molecule has 2 aliphatic rings. The van der Waals surface area contributed by atoms with Crippen molar-refractivity contribution in [2.45, 2.75) is 51.5 Å². The first kappa shape index (κ1) is 17.3. The second kappa shape index (κ2) is 6.75. The van der Waals surface area contributed by atoms with Crippen molar-refractivity contribution in [1.29, 1.82) is 0 Å². The van der Waals surface area contributed by atoms with Crippen LogP contribution in [0.5, 0.6) is 0 Å². The predicted octanol–water partition coefficient (Wildman–Crippen LogP) is 3.76. The number of carboxylic acids is 1. The van der Waals surface area contributed by atoms with Gasteiger partial charge in [0.2, 0.25) is 5.91 Å². The maximum atomic E-state index is 13.3. The molecule has 0 bridgehead atoms. The normalized spacial score (nSPS) is 25.8. The van der Waals surface area contributed by atoms with Crippen LogP contribution in [0.15, 0.2) is 24.3 Å². The van der Waals surface area contributed by atoms with E-state index in [2.05, 4.69) is 0 Å². The number of benzene rings is 1. The van der Waals surface area contributed by atoms with Crippen LogP contribution in [0.25, 0.3) is 0 Å². The number of halogens is 1. The van der Waals surface area contributed by atoms with Crippen molar-refractivity contribution in [3.63, 3.8) is 0 Å². The molecule has 1 aromatic carbocycles. The van der Waals surface area contributed by atoms with Gasteiger partial charge in [0.1, 0.15) is 0 Å². The van der Waals surface area contributed by atoms with Gasteiger partial charge in [0, 0.05) is 17.6 Å². The maximum Gasteiger partial charge on any atom is 0.308 e. The van der Waals surface area contributed by atoms with Crippen molar-refractivity contribution in [1.82, 2.24) is 4.90 Å². The number of rotatable bonds is 4. The van der Waals surface area contributed by atoms with Gasteiger partial charge in [0.15, 0.2) is 0 Å². The summed E-state index contributed by atoms with van der Waals surface area (Å²) in [6.07, 6.45) is 5.09. The smallest absolute Gasteiger partial charge is 0.308 e. The molecule has 0 radical (unpaired) electrons. The first-order valence-electron chi connectivity index (χ1n) is 8.71. The van der Waals surface area contributed by atoms with Gasteiger partial charge in [-0.3, -0.25) is 9.59 Å². The summed E-state index contributed by atoms with van der Waals surface area (Å²) in [5.74, 6) is -1.11. The lowest BCUT2D eigenvalue weighted by Crippen LogP contribution is -2.46. The second-order valence-corrected chi connectivity index (χ2v) is 7.70.